The Balaban J connectivity index is 2.14. The molecule has 0 aromatic heterocycles. The van der Waals surface area contributed by atoms with Crippen LogP contribution in [-0.4, -0.2) is 18.0 Å². The lowest BCUT2D eigenvalue weighted by Gasteiger charge is -2.29. The molecule has 112 valence electrons. The minimum Gasteiger partial charge on any atom is -0.330 e. The maximum atomic E-state index is 6.12. The van der Waals surface area contributed by atoms with Gasteiger partial charge in [0.15, 0.2) is 0 Å². The Bertz CT molecular complexity index is 542. The maximum Gasteiger partial charge on any atom is 0.0409 e. The van der Waals surface area contributed by atoms with Crippen LogP contribution in [0.4, 0.5) is 0 Å². The SMILES string of the molecule is CC(c1cccc(Cl)c1)N(CCCN)Cc1ccccc1. The van der Waals surface area contributed by atoms with E-state index >= 15 is 0 Å². The van der Waals surface area contributed by atoms with Gasteiger partial charge in [-0.1, -0.05) is 54.1 Å². The Morgan fingerprint density at radius 2 is 1.86 bits per heavy atom. The minimum atomic E-state index is 0.315. The van der Waals surface area contributed by atoms with E-state index < -0.39 is 0 Å². The van der Waals surface area contributed by atoms with Gasteiger partial charge >= 0.3 is 0 Å². The van der Waals surface area contributed by atoms with Crippen molar-refractivity contribution in [1.82, 2.24) is 4.90 Å². The molecule has 0 saturated heterocycles. The predicted octanol–water partition coefficient (Wildman–Crippen LogP) is 4.25. The van der Waals surface area contributed by atoms with Crippen LogP contribution in [-0.2, 0) is 6.54 Å². The van der Waals surface area contributed by atoms with Crippen LogP contribution in [0.3, 0.4) is 0 Å². The molecule has 2 aromatic carbocycles. The Labute approximate surface area is 132 Å². The van der Waals surface area contributed by atoms with Crippen LogP contribution in [0.25, 0.3) is 0 Å². The molecule has 0 saturated carbocycles. The van der Waals surface area contributed by atoms with Crippen LogP contribution in [0.15, 0.2) is 54.6 Å². The molecule has 21 heavy (non-hydrogen) atoms. The van der Waals surface area contributed by atoms with E-state index in [0.29, 0.717) is 12.6 Å². The van der Waals surface area contributed by atoms with Gasteiger partial charge in [-0.05, 0) is 43.1 Å². The molecule has 2 aromatic rings. The Morgan fingerprint density at radius 1 is 1.10 bits per heavy atom. The topological polar surface area (TPSA) is 29.3 Å². The fourth-order valence-electron chi connectivity index (χ4n) is 2.50. The summed E-state index contributed by atoms with van der Waals surface area (Å²) in [6.45, 7) is 4.85. The molecule has 0 heterocycles. The molecular weight excluding hydrogens is 280 g/mol. The summed E-state index contributed by atoms with van der Waals surface area (Å²) >= 11 is 6.12. The highest BCUT2D eigenvalue weighted by Crippen LogP contribution is 2.24. The molecule has 0 bridgehead atoms. The van der Waals surface area contributed by atoms with Crippen LogP contribution in [0, 0.1) is 0 Å². The zero-order valence-electron chi connectivity index (χ0n) is 12.5. The first-order valence-electron chi connectivity index (χ1n) is 7.44. The summed E-state index contributed by atoms with van der Waals surface area (Å²) in [5.41, 5.74) is 8.25. The van der Waals surface area contributed by atoms with E-state index in [9.17, 15) is 0 Å². The fraction of sp³-hybridized carbons (Fsp3) is 0.333. The molecule has 2 rings (SSSR count). The third kappa shape index (κ3) is 4.85. The number of hydrogen-bond donors (Lipinski definition) is 1. The second-order valence-corrected chi connectivity index (χ2v) is 5.77. The molecule has 2 nitrogen and oxygen atoms in total. The van der Waals surface area contributed by atoms with Crippen molar-refractivity contribution < 1.29 is 0 Å². The van der Waals surface area contributed by atoms with E-state index in [1.165, 1.54) is 11.1 Å². The lowest BCUT2D eigenvalue weighted by molar-refractivity contribution is 0.200. The normalized spacial score (nSPS) is 12.6. The van der Waals surface area contributed by atoms with Crippen LogP contribution in [0.1, 0.15) is 30.5 Å². The molecule has 1 unspecified atom stereocenters. The van der Waals surface area contributed by atoms with E-state index in [-0.39, 0.29) is 0 Å². The zero-order chi connectivity index (χ0) is 15.1. The summed E-state index contributed by atoms with van der Waals surface area (Å²) in [5, 5.41) is 0.790. The second kappa shape index (κ2) is 8.18. The van der Waals surface area contributed by atoms with E-state index in [1.807, 2.05) is 24.3 Å². The number of benzene rings is 2. The van der Waals surface area contributed by atoms with Gasteiger partial charge < -0.3 is 5.73 Å². The van der Waals surface area contributed by atoms with Gasteiger partial charge in [0.1, 0.15) is 0 Å². The van der Waals surface area contributed by atoms with Gasteiger partial charge in [-0.3, -0.25) is 4.90 Å². The molecular formula is C18H23ClN2. The van der Waals surface area contributed by atoms with Crippen LogP contribution < -0.4 is 5.73 Å². The first kappa shape index (κ1) is 16.0. The Hall–Kier alpha value is -1.35. The van der Waals surface area contributed by atoms with E-state index in [2.05, 4.69) is 42.2 Å². The maximum absolute atomic E-state index is 6.12. The van der Waals surface area contributed by atoms with Crippen molar-refractivity contribution in [3.05, 3.63) is 70.7 Å². The third-order valence-electron chi connectivity index (χ3n) is 3.76. The molecule has 2 N–H and O–H groups in total. The molecule has 0 amide bonds. The number of hydrogen-bond acceptors (Lipinski definition) is 2. The van der Waals surface area contributed by atoms with Crippen molar-refractivity contribution >= 4 is 11.6 Å². The lowest BCUT2D eigenvalue weighted by Crippen LogP contribution is -2.29. The fourth-order valence-corrected chi connectivity index (χ4v) is 2.70. The third-order valence-corrected chi connectivity index (χ3v) is 3.99. The van der Waals surface area contributed by atoms with Gasteiger partial charge in [0.25, 0.3) is 0 Å². The van der Waals surface area contributed by atoms with Crippen LogP contribution in [0.2, 0.25) is 5.02 Å². The summed E-state index contributed by atoms with van der Waals surface area (Å²) in [6.07, 6.45) is 0.998. The minimum absolute atomic E-state index is 0.315. The monoisotopic (exact) mass is 302 g/mol. The zero-order valence-corrected chi connectivity index (χ0v) is 13.3. The second-order valence-electron chi connectivity index (χ2n) is 5.33. The highest BCUT2D eigenvalue weighted by molar-refractivity contribution is 6.30. The van der Waals surface area contributed by atoms with Crippen molar-refractivity contribution in [1.29, 1.82) is 0 Å². The number of nitrogens with zero attached hydrogens (tertiary/aromatic N) is 1. The van der Waals surface area contributed by atoms with E-state index in [1.54, 1.807) is 0 Å². The summed E-state index contributed by atoms with van der Waals surface area (Å²) in [4.78, 5) is 2.45. The molecule has 0 aliphatic rings. The van der Waals surface area contributed by atoms with Gasteiger partial charge in [-0.2, -0.15) is 0 Å². The Morgan fingerprint density at radius 3 is 2.52 bits per heavy atom. The molecule has 0 aliphatic heterocycles. The van der Waals surface area contributed by atoms with Gasteiger partial charge in [-0.25, -0.2) is 0 Å². The number of halogens is 1. The summed E-state index contributed by atoms with van der Waals surface area (Å²) < 4.78 is 0. The molecule has 0 fully saturated rings. The van der Waals surface area contributed by atoms with Gasteiger partial charge in [0.2, 0.25) is 0 Å². The molecule has 0 radical (unpaired) electrons. The van der Waals surface area contributed by atoms with Gasteiger partial charge in [-0.15, -0.1) is 0 Å². The van der Waals surface area contributed by atoms with Crippen molar-refractivity contribution in [2.75, 3.05) is 13.1 Å². The smallest absolute Gasteiger partial charge is 0.0409 e. The Kier molecular flexibility index (Phi) is 6.24. The van der Waals surface area contributed by atoms with Crippen molar-refractivity contribution in [3.8, 4) is 0 Å². The average molecular weight is 303 g/mol. The average Bonchev–Trinajstić information content (AvgIpc) is 2.51. The van der Waals surface area contributed by atoms with Gasteiger partial charge in [0.05, 0.1) is 0 Å². The molecule has 0 spiro atoms. The van der Waals surface area contributed by atoms with Gasteiger partial charge in [0, 0.05) is 24.2 Å². The molecule has 0 aliphatic carbocycles. The van der Waals surface area contributed by atoms with Crippen molar-refractivity contribution in [3.63, 3.8) is 0 Å². The first-order valence-corrected chi connectivity index (χ1v) is 7.82. The highest BCUT2D eigenvalue weighted by atomic mass is 35.5. The quantitative estimate of drug-likeness (QED) is 0.828. The summed E-state index contributed by atoms with van der Waals surface area (Å²) in [5.74, 6) is 0. The first-order chi connectivity index (χ1) is 10.2. The largest absolute Gasteiger partial charge is 0.330 e. The predicted molar refractivity (Wildman–Crippen MR) is 90.4 cm³/mol. The number of nitrogens with two attached hydrogens (primary N) is 1. The van der Waals surface area contributed by atoms with E-state index in [0.717, 1.165) is 24.5 Å². The summed E-state index contributed by atoms with van der Waals surface area (Å²) in [6, 6.07) is 19.0. The van der Waals surface area contributed by atoms with E-state index in [4.69, 9.17) is 17.3 Å². The summed E-state index contributed by atoms with van der Waals surface area (Å²) in [7, 11) is 0. The number of rotatable bonds is 7. The van der Waals surface area contributed by atoms with Crippen molar-refractivity contribution in [2.45, 2.75) is 25.9 Å². The standard InChI is InChI=1S/C18H23ClN2/c1-15(17-9-5-10-18(19)13-17)21(12-6-11-20)14-16-7-3-2-4-8-16/h2-5,7-10,13,15H,6,11-12,14,20H2,1H3. The van der Waals surface area contributed by atoms with Crippen LogP contribution >= 0.6 is 11.6 Å². The van der Waals surface area contributed by atoms with Crippen molar-refractivity contribution in [2.24, 2.45) is 5.73 Å². The van der Waals surface area contributed by atoms with Crippen LogP contribution in [0.5, 0.6) is 0 Å². The highest BCUT2D eigenvalue weighted by Gasteiger charge is 2.16. The molecule has 3 heteroatoms. The molecule has 1 atom stereocenters. The lowest BCUT2D eigenvalue weighted by atomic mass is 10.1.